The number of methoxy groups -OCH3 is 1. The first-order chi connectivity index (χ1) is 7.18. The molecule has 0 amide bonds. The lowest BCUT2D eigenvalue weighted by Gasteiger charge is -2.00. The highest BCUT2D eigenvalue weighted by molar-refractivity contribution is 5.08. The van der Waals surface area contributed by atoms with Crippen LogP contribution in [0.5, 0.6) is 0 Å². The summed E-state index contributed by atoms with van der Waals surface area (Å²) in [6.07, 6.45) is 9.44. The average molecular weight is 213 g/mol. The molecule has 15 heavy (non-hydrogen) atoms. The summed E-state index contributed by atoms with van der Waals surface area (Å²) in [6, 6.07) is 0.508. The van der Waals surface area contributed by atoms with E-state index < -0.39 is 0 Å². The van der Waals surface area contributed by atoms with Crippen molar-refractivity contribution in [2.45, 2.75) is 33.7 Å². The van der Waals surface area contributed by atoms with E-state index in [0.29, 0.717) is 6.04 Å². The monoisotopic (exact) mass is 213 g/mol. The Balaban J connectivity index is -0.000000245. The van der Waals surface area contributed by atoms with Gasteiger partial charge < -0.3 is 10.1 Å². The molecule has 0 rings (SSSR count). The number of rotatable bonds is 4. The summed E-state index contributed by atoms with van der Waals surface area (Å²) >= 11 is 0. The molecule has 0 aromatic rings. The molecule has 2 heteroatoms. The molecule has 0 aliphatic rings. The predicted octanol–water partition coefficient (Wildman–Crippen LogP) is 3.53. The van der Waals surface area contributed by atoms with Crippen LogP contribution in [-0.4, -0.2) is 20.3 Å². The van der Waals surface area contributed by atoms with Crippen molar-refractivity contribution in [1.29, 1.82) is 0 Å². The zero-order valence-electron chi connectivity index (χ0n) is 11.1. The topological polar surface area (TPSA) is 21.3 Å². The lowest BCUT2D eigenvalue weighted by Crippen LogP contribution is -2.14. The SMILES string of the molecule is C=C/C=C\C=C\NC(C)C.CC.COC. The molecule has 0 aromatic carbocycles. The zero-order valence-corrected chi connectivity index (χ0v) is 11.1. The molecule has 0 aliphatic carbocycles. The molecule has 0 spiro atoms. The summed E-state index contributed by atoms with van der Waals surface area (Å²) in [4.78, 5) is 0. The van der Waals surface area contributed by atoms with E-state index in [0.717, 1.165) is 0 Å². The largest absolute Gasteiger partial charge is 0.389 e. The first kappa shape index (κ1) is 19.5. The summed E-state index contributed by atoms with van der Waals surface area (Å²) in [5, 5.41) is 3.14. The van der Waals surface area contributed by atoms with Crippen molar-refractivity contribution in [2.75, 3.05) is 14.2 Å². The van der Waals surface area contributed by atoms with E-state index in [-0.39, 0.29) is 0 Å². The van der Waals surface area contributed by atoms with E-state index in [9.17, 15) is 0 Å². The van der Waals surface area contributed by atoms with Crippen molar-refractivity contribution in [3.63, 3.8) is 0 Å². The van der Waals surface area contributed by atoms with Gasteiger partial charge in [-0.15, -0.1) is 0 Å². The van der Waals surface area contributed by atoms with Crippen LogP contribution in [-0.2, 0) is 4.74 Å². The molecule has 2 nitrogen and oxygen atoms in total. The second-order valence-corrected chi connectivity index (χ2v) is 2.71. The van der Waals surface area contributed by atoms with Gasteiger partial charge in [-0.05, 0) is 26.1 Å². The number of hydrogen-bond donors (Lipinski definition) is 1. The molecule has 0 unspecified atom stereocenters. The van der Waals surface area contributed by atoms with Gasteiger partial charge in [0.2, 0.25) is 0 Å². The van der Waals surface area contributed by atoms with Crippen LogP contribution in [0.1, 0.15) is 27.7 Å². The lowest BCUT2D eigenvalue weighted by atomic mass is 10.4. The van der Waals surface area contributed by atoms with Crippen LogP contribution >= 0.6 is 0 Å². The molecule has 0 radical (unpaired) electrons. The van der Waals surface area contributed by atoms with E-state index >= 15 is 0 Å². The van der Waals surface area contributed by atoms with Crippen molar-refractivity contribution < 1.29 is 4.74 Å². The highest BCUT2D eigenvalue weighted by Gasteiger charge is 1.80. The Labute approximate surface area is 95.7 Å². The molecule has 0 fully saturated rings. The minimum Gasteiger partial charge on any atom is -0.389 e. The van der Waals surface area contributed by atoms with Crippen LogP contribution in [0.25, 0.3) is 0 Å². The van der Waals surface area contributed by atoms with Gasteiger partial charge in [0.05, 0.1) is 0 Å². The Bertz CT molecular complexity index is 149. The quantitative estimate of drug-likeness (QED) is 0.721. The van der Waals surface area contributed by atoms with Crippen molar-refractivity contribution in [3.05, 3.63) is 37.1 Å². The van der Waals surface area contributed by atoms with E-state index in [4.69, 9.17) is 0 Å². The lowest BCUT2D eigenvalue weighted by molar-refractivity contribution is 0.277. The Kier molecular flexibility index (Phi) is 30.1. The first-order valence-corrected chi connectivity index (χ1v) is 5.29. The third-order valence-corrected chi connectivity index (χ3v) is 0.884. The molecule has 0 bridgehead atoms. The molecule has 1 N–H and O–H groups in total. The van der Waals surface area contributed by atoms with Gasteiger partial charge in [-0.2, -0.15) is 0 Å². The first-order valence-electron chi connectivity index (χ1n) is 5.29. The number of hydrogen-bond acceptors (Lipinski definition) is 2. The number of nitrogens with one attached hydrogen (secondary N) is 1. The predicted molar refractivity (Wildman–Crippen MR) is 71.0 cm³/mol. The smallest absolute Gasteiger partial charge is 0.0351 e. The Hall–Kier alpha value is -1.02. The number of ether oxygens (including phenoxy) is 1. The molecule has 0 aromatic heterocycles. The highest BCUT2D eigenvalue weighted by Crippen LogP contribution is 1.78. The average Bonchev–Trinajstić information content (AvgIpc) is 2.21. The molecule has 0 saturated carbocycles. The van der Waals surface area contributed by atoms with Gasteiger partial charge in [-0.1, -0.05) is 38.7 Å². The van der Waals surface area contributed by atoms with E-state index in [1.165, 1.54) is 0 Å². The Morgan fingerprint density at radius 3 is 1.87 bits per heavy atom. The minimum atomic E-state index is 0.508. The molecule has 0 aliphatic heterocycles. The molecule has 0 heterocycles. The fourth-order valence-electron chi connectivity index (χ4n) is 0.446. The van der Waals surface area contributed by atoms with E-state index in [2.05, 4.69) is 30.5 Å². The van der Waals surface area contributed by atoms with Crippen molar-refractivity contribution in [1.82, 2.24) is 5.32 Å². The highest BCUT2D eigenvalue weighted by atomic mass is 16.4. The Morgan fingerprint density at radius 2 is 1.53 bits per heavy atom. The maximum Gasteiger partial charge on any atom is 0.0351 e. The normalized spacial score (nSPS) is 9.27. The van der Waals surface area contributed by atoms with Gasteiger partial charge in [-0.3, -0.25) is 0 Å². The standard InChI is InChI=1S/C9H15N.C2H6O.C2H6/c1-4-5-6-7-8-10-9(2)3;1-3-2;1-2/h4-10H,1H2,2-3H3;1-2H3;1-2H3/b6-5-,8-7+;;. The summed E-state index contributed by atoms with van der Waals surface area (Å²) in [6.45, 7) is 11.7. The number of allylic oxidation sites excluding steroid dienone is 4. The van der Waals surface area contributed by atoms with Crippen LogP contribution in [0, 0.1) is 0 Å². The summed E-state index contributed by atoms with van der Waals surface area (Å²) in [5.41, 5.74) is 0. The van der Waals surface area contributed by atoms with Crippen molar-refractivity contribution in [2.24, 2.45) is 0 Å². The van der Waals surface area contributed by atoms with Gasteiger partial charge in [0.15, 0.2) is 0 Å². The summed E-state index contributed by atoms with van der Waals surface area (Å²) in [5.74, 6) is 0. The van der Waals surface area contributed by atoms with Crippen LogP contribution in [0.15, 0.2) is 37.1 Å². The van der Waals surface area contributed by atoms with Crippen LogP contribution in [0.4, 0.5) is 0 Å². The van der Waals surface area contributed by atoms with Crippen LogP contribution < -0.4 is 5.32 Å². The van der Waals surface area contributed by atoms with E-state index in [1.54, 1.807) is 20.3 Å². The van der Waals surface area contributed by atoms with Gasteiger partial charge in [-0.25, -0.2) is 0 Å². The Morgan fingerprint density at radius 1 is 1.07 bits per heavy atom. The van der Waals surface area contributed by atoms with Crippen molar-refractivity contribution in [3.8, 4) is 0 Å². The van der Waals surface area contributed by atoms with Crippen molar-refractivity contribution >= 4 is 0 Å². The summed E-state index contributed by atoms with van der Waals surface area (Å²) < 4.78 is 4.25. The third-order valence-electron chi connectivity index (χ3n) is 0.884. The summed E-state index contributed by atoms with van der Waals surface area (Å²) in [7, 11) is 3.25. The zero-order chi connectivity index (χ0) is 12.5. The fraction of sp³-hybridized carbons (Fsp3) is 0.538. The molecular weight excluding hydrogens is 186 g/mol. The molecule has 90 valence electrons. The minimum absolute atomic E-state index is 0.508. The molecule has 0 saturated heterocycles. The maximum atomic E-state index is 4.25. The maximum absolute atomic E-state index is 4.25. The van der Waals surface area contributed by atoms with Crippen LogP contribution in [0.2, 0.25) is 0 Å². The van der Waals surface area contributed by atoms with Crippen LogP contribution in [0.3, 0.4) is 0 Å². The van der Waals surface area contributed by atoms with Gasteiger partial charge in [0, 0.05) is 20.3 Å². The second kappa shape index (κ2) is 23.1. The second-order valence-electron chi connectivity index (χ2n) is 2.71. The fourth-order valence-corrected chi connectivity index (χ4v) is 0.446. The third kappa shape index (κ3) is 43.8. The van der Waals surface area contributed by atoms with Gasteiger partial charge in [0.25, 0.3) is 0 Å². The molecule has 0 atom stereocenters. The van der Waals surface area contributed by atoms with E-state index in [1.807, 2.05) is 38.3 Å². The van der Waals surface area contributed by atoms with Gasteiger partial charge in [0.1, 0.15) is 0 Å². The van der Waals surface area contributed by atoms with Gasteiger partial charge >= 0.3 is 0 Å². The molecular formula is C13H27NO.